The number of nitrogens with one attached hydrogen (secondary N) is 2. The van der Waals surface area contributed by atoms with Gasteiger partial charge < -0.3 is 20.1 Å². The fourth-order valence-electron chi connectivity index (χ4n) is 2.23. The first kappa shape index (κ1) is 14.1. The number of carbonyl (C=O) groups excluding carboxylic acids is 1. The molecule has 5 nitrogen and oxygen atoms in total. The van der Waals surface area contributed by atoms with Crippen molar-refractivity contribution in [1.82, 2.24) is 5.32 Å². The zero-order chi connectivity index (χ0) is 12.4. The summed E-state index contributed by atoms with van der Waals surface area (Å²) >= 11 is 0. The summed E-state index contributed by atoms with van der Waals surface area (Å²) in [7, 11) is 0. The fraction of sp³-hybridized carbons (Fsp3) is 0.462. The molecular weight excluding hydrogens is 268 g/mol. The van der Waals surface area contributed by atoms with E-state index in [2.05, 4.69) is 10.6 Å². The molecule has 1 aromatic rings. The Morgan fingerprint density at radius 1 is 1.37 bits per heavy atom. The van der Waals surface area contributed by atoms with Crippen molar-refractivity contribution in [2.75, 3.05) is 31.7 Å². The molecule has 1 atom stereocenters. The molecule has 2 aliphatic rings. The minimum Gasteiger partial charge on any atom is -0.493 e. The van der Waals surface area contributed by atoms with E-state index in [0.717, 1.165) is 36.6 Å². The molecule has 0 bridgehead atoms. The number of anilines is 1. The van der Waals surface area contributed by atoms with E-state index in [1.54, 1.807) is 0 Å². The minimum absolute atomic E-state index is 0. The molecule has 0 radical (unpaired) electrons. The van der Waals surface area contributed by atoms with Gasteiger partial charge in [0.25, 0.3) is 0 Å². The lowest BCUT2D eigenvalue weighted by Gasteiger charge is -2.22. The summed E-state index contributed by atoms with van der Waals surface area (Å²) in [5.74, 6) is 0.876. The number of halogens is 1. The number of hydrogen-bond donors (Lipinski definition) is 2. The third kappa shape index (κ3) is 3.18. The number of benzene rings is 1. The van der Waals surface area contributed by atoms with E-state index < -0.39 is 0 Å². The lowest BCUT2D eigenvalue weighted by molar-refractivity contribution is -0.120. The number of hydrogen-bond acceptors (Lipinski definition) is 4. The highest BCUT2D eigenvalue weighted by Gasteiger charge is 2.21. The second kappa shape index (κ2) is 6.23. The maximum atomic E-state index is 12.0. The molecule has 3 rings (SSSR count). The van der Waals surface area contributed by atoms with Gasteiger partial charge >= 0.3 is 0 Å². The van der Waals surface area contributed by atoms with E-state index in [0.29, 0.717) is 13.2 Å². The van der Waals surface area contributed by atoms with Crippen LogP contribution in [0.5, 0.6) is 5.75 Å². The van der Waals surface area contributed by atoms with Crippen LogP contribution in [0.2, 0.25) is 0 Å². The number of amides is 1. The van der Waals surface area contributed by atoms with Gasteiger partial charge in [-0.15, -0.1) is 12.4 Å². The second-order valence-corrected chi connectivity index (χ2v) is 4.49. The Balaban J connectivity index is 0.00000133. The van der Waals surface area contributed by atoms with Gasteiger partial charge in [0.15, 0.2) is 0 Å². The van der Waals surface area contributed by atoms with Crippen molar-refractivity contribution < 1.29 is 14.3 Å². The molecule has 19 heavy (non-hydrogen) atoms. The third-order valence-electron chi connectivity index (χ3n) is 3.20. The smallest absolute Gasteiger partial charge is 0.243 e. The normalized spacial score (nSPS) is 20.9. The van der Waals surface area contributed by atoms with Gasteiger partial charge in [-0.25, -0.2) is 0 Å². The van der Waals surface area contributed by atoms with Crippen LogP contribution in [0.25, 0.3) is 0 Å². The van der Waals surface area contributed by atoms with Crippen LogP contribution < -0.4 is 15.4 Å². The van der Waals surface area contributed by atoms with Gasteiger partial charge in [-0.3, -0.25) is 4.79 Å². The first-order valence-corrected chi connectivity index (χ1v) is 6.21. The van der Waals surface area contributed by atoms with Gasteiger partial charge in [0.2, 0.25) is 5.91 Å². The Kier molecular flexibility index (Phi) is 4.63. The first-order valence-electron chi connectivity index (χ1n) is 6.21. The van der Waals surface area contributed by atoms with Crippen LogP contribution in [0.15, 0.2) is 18.2 Å². The molecule has 2 N–H and O–H groups in total. The number of carbonyl (C=O) groups is 1. The topological polar surface area (TPSA) is 59.6 Å². The van der Waals surface area contributed by atoms with Crippen molar-refractivity contribution in [2.45, 2.75) is 12.5 Å². The molecule has 1 amide bonds. The van der Waals surface area contributed by atoms with Crippen LogP contribution in [-0.4, -0.2) is 38.3 Å². The standard InChI is InChI=1S/C13H16N2O3.ClH/c16-13(11-8-17-6-4-14-11)15-10-1-2-12-9(7-10)3-5-18-12;/h1-2,7,11,14H,3-6,8H2,(H,15,16);1H. The third-order valence-corrected chi connectivity index (χ3v) is 3.20. The van der Waals surface area contributed by atoms with Crippen molar-refractivity contribution in [3.8, 4) is 5.75 Å². The van der Waals surface area contributed by atoms with Gasteiger partial charge in [-0.2, -0.15) is 0 Å². The Morgan fingerprint density at radius 3 is 3.05 bits per heavy atom. The largest absolute Gasteiger partial charge is 0.493 e. The summed E-state index contributed by atoms with van der Waals surface area (Å²) in [5, 5.41) is 6.03. The van der Waals surface area contributed by atoms with Crippen LogP contribution in [0.1, 0.15) is 5.56 Å². The molecule has 0 aromatic heterocycles. The predicted octanol–water partition coefficient (Wildman–Crippen LogP) is 0.970. The first-order chi connectivity index (χ1) is 8.83. The average Bonchev–Trinajstić information content (AvgIpc) is 2.87. The van der Waals surface area contributed by atoms with Crippen LogP contribution in [0, 0.1) is 0 Å². The zero-order valence-corrected chi connectivity index (χ0v) is 11.3. The highest BCUT2D eigenvalue weighted by Crippen LogP contribution is 2.27. The van der Waals surface area contributed by atoms with Crippen LogP contribution in [0.4, 0.5) is 5.69 Å². The highest BCUT2D eigenvalue weighted by molar-refractivity contribution is 5.95. The van der Waals surface area contributed by atoms with Crippen LogP contribution in [-0.2, 0) is 16.0 Å². The van der Waals surface area contributed by atoms with Crippen LogP contribution >= 0.6 is 12.4 Å². The van der Waals surface area contributed by atoms with E-state index in [-0.39, 0.29) is 24.4 Å². The zero-order valence-electron chi connectivity index (χ0n) is 10.5. The van der Waals surface area contributed by atoms with Crippen molar-refractivity contribution in [2.24, 2.45) is 0 Å². The van der Waals surface area contributed by atoms with Gasteiger partial charge in [-0.1, -0.05) is 0 Å². The molecular formula is C13H17ClN2O3. The summed E-state index contributed by atoms with van der Waals surface area (Å²) in [6.45, 7) is 2.54. The maximum Gasteiger partial charge on any atom is 0.243 e. The van der Waals surface area contributed by atoms with Crippen molar-refractivity contribution in [3.63, 3.8) is 0 Å². The maximum absolute atomic E-state index is 12.0. The van der Waals surface area contributed by atoms with Crippen LogP contribution in [0.3, 0.4) is 0 Å². The monoisotopic (exact) mass is 284 g/mol. The lowest BCUT2D eigenvalue weighted by Crippen LogP contribution is -2.48. The fourth-order valence-corrected chi connectivity index (χ4v) is 2.23. The average molecular weight is 285 g/mol. The minimum atomic E-state index is -0.261. The summed E-state index contributed by atoms with van der Waals surface area (Å²) in [6, 6.07) is 5.49. The Bertz CT molecular complexity index is 461. The number of rotatable bonds is 2. The summed E-state index contributed by atoms with van der Waals surface area (Å²) in [5.41, 5.74) is 1.97. The number of morpholine rings is 1. The molecule has 6 heteroatoms. The van der Waals surface area contributed by atoms with Crippen molar-refractivity contribution in [3.05, 3.63) is 23.8 Å². The van der Waals surface area contributed by atoms with Crippen molar-refractivity contribution in [1.29, 1.82) is 0 Å². The summed E-state index contributed by atoms with van der Waals surface area (Å²) < 4.78 is 10.7. The number of ether oxygens (including phenoxy) is 2. The van der Waals surface area contributed by atoms with E-state index in [1.807, 2.05) is 18.2 Å². The van der Waals surface area contributed by atoms with E-state index >= 15 is 0 Å². The molecule has 0 aliphatic carbocycles. The Labute approximate surface area is 118 Å². The molecule has 2 heterocycles. The predicted molar refractivity (Wildman–Crippen MR) is 74.1 cm³/mol. The van der Waals surface area contributed by atoms with Gasteiger partial charge in [0.05, 0.1) is 19.8 Å². The highest BCUT2D eigenvalue weighted by atomic mass is 35.5. The Hall–Kier alpha value is -1.30. The molecule has 1 aromatic carbocycles. The molecule has 2 aliphatic heterocycles. The Morgan fingerprint density at radius 2 is 2.26 bits per heavy atom. The van der Waals surface area contributed by atoms with Gasteiger partial charge in [0.1, 0.15) is 11.8 Å². The quantitative estimate of drug-likeness (QED) is 0.850. The second-order valence-electron chi connectivity index (χ2n) is 4.49. The summed E-state index contributed by atoms with van der Waals surface area (Å²) in [6.07, 6.45) is 0.907. The number of fused-ring (bicyclic) bond motifs is 1. The van der Waals surface area contributed by atoms with Gasteiger partial charge in [0, 0.05) is 18.7 Å². The molecule has 1 saturated heterocycles. The SMILES string of the molecule is Cl.O=C(Nc1ccc2c(c1)CCO2)C1COCCN1. The van der Waals surface area contributed by atoms with Gasteiger partial charge in [-0.05, 0) is 23.8 Å². The molecule has 0 saturated carbocycles. The van der Waals surface area contributed by atoms with E-state index in [4.69, 9.17) is 9.47 Å². The van der Waals surface area contributed by atoms with E-state index in [9.17, 15) is 4.79 Å². The lowest BCUT2D eigenvalue weighted by atomic mass is 10.1. The van der Waals surface area contributed by atoms with E-state index in [1.165, 1.54) is 0 Å². The molecule has 0 spiro atoms. The molecule has 1 unspecified atom stereocenters. The van der Waals surface area contributed by atoms with Crippen molar-refractivity contribution >= 4 is 24.0 Å². The molecule has 1 fully saturated rings. The summed E-state index contributed by atoms with van der Waals surface area (Å²) in [4.78, 5) is 12.0. The molecule has 104 valence electrons.